The van der Waals surface area contributed by atoms with Gasteiger partial charge in [-0.05, 0) is 25.8 Å². The number of nitrogens with zero attached hydrogens (tertiary/aromatic N) is 1. The van der Waals surface area contributed by atoms with Crippen LogP contribution in [0.3, 0.4) is 0 Å². The van der Waals surface area contributed by atoms with E-state index in [4.69, 9.17) is 4.74 Å². The van der Waals surface area contributed by atoms with Gasteiger partial charge in [-0.25, -0.2) is 0 Å². The van der Waals surface area contributed by atoms with Crippen molar-refractivity contribution in [2.75, 3.05) is 7.11 Å². The summed E-state index contributed by atoms with van der Waals surface area (Å²) in [5.41, 5.74) is 1.86. The SMILES string of the molecule is C=C(C)CCC(O)c1ccncc1OC. The highest BCUT2D eigenvalue weighted by Crippen LogP contribution is 2.27. The van der Waals surface area contributed by atoms with E-state index in [0.29, 0.717) is 12.2 Å². The Bertz CT molecular complexity index is 336. The van der Waals surface area contributed by atoms with Crippen molar-refractivity contribution >= 4 is 0 Å². The molecule has 82 valence electrons. The highest BCUT2D eigenvalue weighted by Gasteiger charge is 2.12. The fourth-order valence-corrected chi connectivity index (χ4v) is 1.38. The van der Waals surface area contributed by atoms with Gasteiger partial charge < -0.3 is 9.84 Å². The van der Waals surface area contributed by atoms with Crippen LogP contribution in [0, 0.1) is 0 Å². The summed E-state index contributed by atoms with van der Waals surface area (Å²) < 4.78 is 5.13. The molecule has 0 saturated carbocycles. The number of aromatic nitrogens is 1. The summed E-state index contributed by atoms with van der Waals surface area (Å²) in [6, 6.07) is 1.78. The van der Waals surface area contributed by atoms with E-state index in [2.05, 4.69) is 11.6 Å². The van der Waals surface area contributed by atoms with Crippen molar-refractivity contribution in [3.8, 4) is 5.75 Å². The highest BCUT2D eigenvalue weighted by atomic mass is 16.5. The Morgan fingerprint density at radius 1 is 1.67 bits per heavy atom. The molecule has 0 aliphatic carbocycles. The van der Waals surface area contributed by atoms with Crippen LogP contribution in [-0.4, -0.2) is 17.2 Å². The number of aliphatic hydroxyl groups excluding tert-OH is 1. The lowest BCUT2D eigenvalue weighted by Crippen LogP contribution is -2.01. The number of aliphatic hydroxyl groups is 1. The van der Waals surface area contributed by atoms with Crippen molar-refractivity contribution in [1.82, 2.24) is 4.98 Å². The first-order valence-electron chi connectivity index (χ1n) is 4.95. The van der Waals surface area contributed by atoms with Crippen LogP contribution in [-0.2, 0) is 0 Å². The van der Waals surface area contributed by atoms with Gasteiger partial charge in [0.1, 0.15) is 5.75 Å². The van der Waals surface area contributed by atoms with Crippen LogP contribution >= 0.6 is 0 Å². The molecule has 0 saturated heterocycles. The molecular formula is C12H17NO2. The van der Waals surface area contributed by atoms with Gasteiger partial charge in [-0.15, -0.1) is 6.58 Å². The molecular weight excluding hydrogens is 190 g/mol. The van der Waals surface area contributed by atoms with Crippen LogP contribution in [0.15, 0.2) is 30.6 Å². The summed E-state index contributed by atoms with van der Waals surface area (Å²) in [6.07, 6.45) is 4.23. The molecule has 1 atom stereocenters. The second-order valence-electron chi connectivity index (χ2n) is 3.63. The standard InChI is InChI=1S/C12H17NO2/c1-9(2)4-5-11(14)10-6-7-13-8-12(10)15-3/h6-8,11,14H,1,4-5H2,2-3H3. The van der Waals surface area contributed by atoms with Crippen molar-refractivity contribution in [2.24, 2.45) is 0 Å². The molecule has 1 heterocycles. The van der Waals surface area contributed by atoms with E-state index < -0.39 is 6.10 Å². The monoisotopic (exact) mass is 207 g/mol. The van der Waals surface area contributed by atoms with Crippen LogP contribution in [0.5, 0.6) is 5.75 Å². The number of ether oxygens (including phenoxy) is 1. The molecule has 3 heteroatoms. The minimum atomic E-state index is -0.514. The predicted molar refractivity (Wildman–Crippen MR) is 59.8 cm³/mol. The number of hydrogen-bond acceptors (Lipinski definition) is 3. The molecule has 1 N–H and O–H groups in total. The van der Waals surface area contributed by atoms with E-state index in [9.17, 15) is 5.11 Å². The topological polar surface area (TPSA) is 42.4 Å². The van der Waals surface area contributed by atoms with Gasteiger partial charge in [0.2, 0.25) is 0 Å². The maximum absolute atomic E-state index is 9.93. The van der Waals surface area contributed by atoms with Gasteiger partial charge in [0.05, 0.1) is 19.4 Å². The van der Waals surface area contributed by atoms with Crippen LogP contribution < -0.4 is 4.74 Å². The Balaban J connectivity index is 2.72. The first-order valence-corrected chi connectivity index (χ1v) is 4.95. The molecule has 0 fully saturated rings. The number of allylic oxidation sites excluding steroid dienone is 1. The van der Waals surface area contributed by atoms with Crippen molar-refractivity contribution in [2.45, 2.75) is 25.9 Å². The van der Waals surface area contributed by atoms with Gasteiger partial charge in [0.15, 0.2) is 0 Å². The molecule has 0 aliphatic rings. The highest BCUT2D eigenvalue weighted by molar-refractivity contribution is 5.31. The first-order chi connectivity index (χ1) is 7.15. The smallest absolute Gasteiger partial charge is 0.142 e. The van der Waals surface area contributed by atoms with E-state index in [1.165, 1.54) is 0 Å². The van der Waals surface area contributed by atoms with Gasteiger partial charge in [0.25, 0.3) is 0 Å². The van der Waals surface area contributed by atoms with Gasteiger partial charge in [-0.2, -0.15) is 0 Å². The maximum Gasteiger partial charge on any atom is 0.142 e. The molecule has 0 spiro atoms. The summed E-state index contributed by atoms with van der Waals surface area (Å²) in [4.78, 5) is 3.94. The molecule has 1 unspecified atom stereocenters. The molecule has 0 aromatic carbocycles. The van der Waals surface area contributed by atoms with Crippen molar-refractivity contribution in [3.63, 3.8) is 0 Å². The first kappa shape index (κ1) is 11.7. The Hall–Kier alpha value is -1.35. The third-order valence-electron chi connectivity index (χ3n) is 2.24. The summed E-state index contributed by atoms with van der Waals surface area (Å²) in [7, 11) is 1.58. The van der Waals surface area contributed by atoms with Gasteiger partial charge in [-0.3, -0.25) is 4.98 Å². The molecule has 15 heavy (non-hydrogen) atoms. The number of hydrogen-bond donors (Lipinski definition) is 1. The fourth-order valence-electron chi connectivity index (χ4n) is 1.38. The largest absolute Gasteiger partial charge is 0.495 e. The summed E-state index contributed by atoms with van der Waals surface area (Å²) in [5, 5.41) is 9.93. The Morgan fingerprint density at radius 2 is 2.40 bits per heavy atom. The molecule has 1 aromatic rings. The average Bonchev–Trinajstić information content (AvgIpc) is 2.25. The molecule has 0 amide bonds. The molecule has 1 aromatic heterocycles. The van der Waals surface area contributed by atoms with Crippen molar-refractivity contribution in [1.29, 1.82) is 0 Å². The summed E-state index contributed by atoms with van der Waals surface area (Å²) in [5.74, 6) is 0.631. The summed E-state index contributed by atoms with van der Waals surface area (Å²) in [6.45, 7) is 5.76. The van der Waals surface area contributed by atoms with E-state index in [-0.39, 0.29) is 0 Å². The van der Waals surface area contributed by atoms with Crippen LogP contribution in [0.1, 0.15) is 31.4 Å². The van der Waals surface area contributed by atoms with Crippen LogP contribution in [0.4, 0.5) is 0 Å². The average molecular weight is 207 g/mol. The second kappa shape index (κ2) is 5.51. The fraction of sp³-hybridized carbons (Fsp3) is 0.417. The van der Waals surface area contributed by atoms with Crippen molar-refractivity contribution in [3.05, 3.63) is 36.2 Å². The number of rotatable bonds is 5. The zero-order valence-electron chi connectivity index (χ0n) is 9.23. The second-order valence-corrected chi connectivity index (χ2v) is 3.63. The van der Waals surface area contributed by atoms with E-state index in [0.717, 1.165) is 17.6 Å². The minimum Gasteiger partial charge on any atom is -0.495 e. The molecule has 0 bridgehead atoms. The third-order valence-corrected chi connectivity index (χ3v) is 2.24. The summed E-state index contributed by atoms with van der Waals surface area (Å²) >= 11 is 0. The van der Waals surface area contributed by atoms with Crippen LogP contribution in [0.2, 0.25) is 0 Å². The van der Waals surface area contributed by atoms with Gasteiger partial charge >= 0.3 is 0 Å². The molecule has 1 rings (SSSR count). The minimum absolute atomic E-state index is 0.514. The van der Waals surface area contributed by atoms with Crippen molar-refractivity contribution < 1.29 is 9.84 Å². The molecule has 0 radical (unpaired) electrons. The normalized spacial score (nSPS) is 12.2. The maximum atomic E-state index is 9.93. The zero-order chi connectivity index (χ0) is 11.3. The third kappa shape index (κ3) is 3.36. The van der Waals surface area contributed by atoms with E-state index >= 15 is 0 Å². The Morgan fingerprint density at radius 3 is 3.00 bits per heavy atom. The predicted octanol–water partition coefficient (Wildman–Crippen LogP) is 2.48. The Labute approximate surface area is 90.4 Å². The lowest BCUT2D eigenvalue weighted by molar-refractivity contribution is 0.163. The number of pyridine rings is 1. The number of methoxy groups -OCH3 is 1. The van der Waals surface area contributed by atoms with E-state index in [1.54, 1.807) is 25.6 Å². The Kier molecular flexibility index (Phi) is 4.31. The van der Waals surface area contributed by atoms with E-state index in [1.807, 2.05) is 6.92 Å². The lowest BCUT2D eigenvalue weighted by Gasteiger charge is -2.13. The molecule has 0 aliphatic heterocycles. The lowest BCUT2D eigenvalue weighted by atomic mass is 10.0. The van der Waals surface area contributed by atoms with Crippen LogP contribution in [0.25, 0.3) is 0 Å². The quantitative estimate of drug-likeness (QED) is 0.754. The van der Waals surface area contributed by atoms with Gasteiger partial charge in [0, 0.05) is 11.8 Å². The molecule has 3 nitrogen and oxygen atoms in total. The zero-order valence-corrected chi connectivity index (χ0v) is 9.23. The van der Waals surface area contributed by atoms with Gasteiger partial charge in [-0.1, -0.05) is 5.57 Å².